The van der Waals surface area contributed by atoms with Gasteiger partial charge < -0.3 is 14.6 Å². The Bertz CT molecular complexity index is 1260. The van der Waals surface area contributed by atoms with Gasteiger partial charge in [-0.2, -0.15) is 0 Å². The number of hydrogen-bond donors (Lipinski definition) is 1. The molecule has 0 saturated heterocycles. The first kappa shape index (κ1) is 25.7. The number of phenols is 1. The highest BCUT2D eigenvalue weighted by atomic mass is 79.9. The molecule has 1 heterocycles. The molecule has 2 aromatic carbocycles. The van der Waals surface area contributed by atoms with E-state index in [1.165, 1.54) is 7.11 Å². The van der Waals surface area contributed by atoms with Crippen molar-refractivity contribution in [1.82, 2.24) is 0 Å². The summed E-state index contributed by atoms with van der Waals surface area (Å²) in [5, 5.41) is 10.4. The Labute approximate surface area is 225 Å². The Hall–Kier alpha value is -2.93. The van der Waals surface area contributed by atoms with E-state index in [2.05, 4.69) is 15.9 Å². The summed E-state index contributed by atoms with van der Waals surface area (Å²) in [6, 6.07) is 13.5. The fraction of sp³-hybridized carbons (Fsp3) is 0.433. The molecule has 2 aliphatic carbocycles. The van der Waals surface area contributed by atoms with Crippen LogP contribution in [-0.4, -0.2) is 35.8 Å². The van der Waals surface area contributed by atoms with Gasteiger partial charge in [-0.1, -0.05) is 36.8 Å². The molecule has 5 rings (SSSR count). The van der Waals surface area contributed by atoms with Gasteiger partial charge in [-0.25, -0.2) is 0 Å². The second-order valence-corrected chi connectivity index (χ2v) is 11.1. The maximum absolute atomic E-state index is 13.8. The molecule has 0 radical (unpaired) electrons. The number of phenolic OH excluding ortho intramolecular Hbond substituents is 1. The molecule has 1 N–H and O–H groups in total. The highest BCUT2D eigenvalue weighted by Crippen LogP contribution is 2.49. The first-order valence-corrected chi connectivity index (χ1v) is 13.8. The second kappa shape index (κ2) is 10.8. The lowest BCUT2D eigenvalue weighted by Gasteiger charge is -2.37. The number of benzene rings is 2. The van der Waals surface area contributed by atoms with Crippen molar-refractivity contribution in [2.24, 2.45) is 10.9 Å². The van der Waals surface area contributed by atoms with Crippen LogP contribution < -0.4 is 4.74 Å². The number of allylic oxidation sites excluding steroid dienone is 2. The van der Waals surface area contributed by atoms with E-state index in [4.69, 9.17) is 14.5 Å². The smallest absolute Gasteiger partial charge is 0.315 e. The van der Waals surface area contributed by atoms with Crippen molar-refractivity contribution < 1.29 is 24.2 Å². The molecule has 37 heavy (non-hydrogen) atoms. The molecule has 1 unspecified atom stereocenters. The first-order chi connectivity index (χ1) is 17.9. The van der Waals surface area contributed by atoms with Crippen LogP contribution in [0.4, 0.5) is 0 Å². The quantitative estimate of drug-likeness (QED) is 0.412. The molecule has 194 valence electrons. The van der Waals surface area contributed by atoms with Gasteiger partial charge in [0.25, 0.3) is 0 Å². The number of hydrogen-bond acceptors (Lipinski definition) is 6. The van der Waals surface area contributed by atoms with E-state index >= 15 is 0 Å². The first-order valence-electron chi connectivity index (χ1n) is 13.0. The predicted molar refractivity (Wildman–Crippen MR) is 145 cm³/mol. The van der Waals surface area contributed by atoms with Crippen LogP contribution in [0.3, 0.4) is 0 Å². The Morgan fingerprint density at radius 1 is 1.05 bits per heavy atom. The summed E-state index contributed by atoms with van der Waals surface area (Å²) in [4.78, 5) is 32.4. The molecule has 3 aliphatic rings. The summed E-state index contributed by atoms with van der Waals surface area (Å²) in [6.07, 6.45) is 5.87. The van der Waals surface area contributed by atoms with Gasteiger partial charge in [0, 0.05) is 29.3 Å². The number of carbonyl (C=O) groups is 2. The standard InChI is InChI=1S/C30H32BrNO5/c1-17-26(30(35)37-21-11-7-4-8-12-21)27(20-13-22(31)29(34)25(16-20)36-2)28-23(32-17)14-19(15-24(28)33)18-9-5-3-6-10-18/h3,5-6,9-10,13,16,19,21,26-27,34H,4,7-8,11-12,14-15H2,1-2H3/t19-,26?,27+/m1/s1. The van der Waals surface area contributed by atoms with E-state index in [1.807, 2.05) is 37.3 Å². The Morgan fingerprint density at radius 2 is 1.78 bits per heavy atom. The zero-order valence-electron chi connectivity index (χ0n) is 21.2. The van der Waals surface area contributed by atoms with Crippen molar-refractivity contribution in [1.29, 1.82) is 0 Å². The molecule has 7 heteroatoms. The fourth-order valence-corrected chi connectivity index (χ4v) is 6.50. The van der Waals surface area contributed by atoms with Gasteiger partial charge in [0.05, 0.1) is 11.6 Å². The van der Waals surface area contributed by atoms with Crippen LogP contribution in [0.2, 0.25) is 0 Å². The number of methoxy groups -OCH3 is 1. The monoisotopic (exact) mass is 565 g/mol. The zero-order valence-corrected chi connectivity index (χ0v) is 22.8. The van der Waals surface area contributed by atoms with Crippen LogP contribution in [0.15, 0.2) is 63.2 Å². The van der Waals surface area contributed by atoms with E-state index in [0.29, 0.717) is 34.2 Å². The molecule has 1 aliphatic heterocycles. The summed E-state index contributed by atoms with van der Waals surface area (Å²) < 4.78 is 11.9. The van der Waals surface area contributed by atoms with E-state index in [0.717, 1.165) is 43.4 Å². The van der Waals surface area contributed by atoms with E-state index in [9.17, 15) is 14.7 Å². The SMILES string of the molecule is COc1cc([C@@H]2C3=C(C[C@@H](c4ccccc4)CC3=O)N=C(C)C2C(=O)OC2CCCCC2)cc(Br)c1O. The van der Waals surface area contributed by atoms with Crippen LogP contribution in [-0.2, 0) is 14.3 Å². The van der Waals surface area contributed by atoms with Gasteiger partial charge in [-0.15, -0.1) is 0 Å². The highest BCUT2D eigenvalue weighted by molar-refractivity contribution is 9.10. The van der Waals surface area contributed by atoms with Crippen molar-refractivity contribution in [2.45, 2.75) is 69.8 Å². The molecule has 3 atom stereocenters. The molecule has 2 aromatic rings. The molecule has 0 amide bonds. The Kier molecular flexibility index (Phi) is 7.52. The van der Waals surface area contributed by atoms with Crippen LogP contribution in [0, 0.1) is 5.92 Å². The lowest BCUT2D eigenvalue weighted by molar-refractivity contribution is -0.153. The molecular weight excluding hydrogens is 534 g/mol. The summed E-state index contributed by atoms with van der Waals surface area (Å²) in [5.41, 5.74) is 3.77. The lowest BCUT2D eigenvalue weighted by atomic mass is 9.69. The van der Waals surface area contributed by atoms with E-state index < -0.39 is 11.8 Å². The number of esters is 1. The Morgan fingerprint density at radius 3 is 2.49 bits per heavy atom. The van der Waals surface area contributed by atoms with E-state index in [-0.39, 0.29) is 35.3 Å². The third-order valence-electron chi connectivity index (χ3n) is 7.88. The number of aromatic hydroxyl groups is 1. The van der Waals surface area contributed by atoms with Gasteiger partial charge in [-0.3, -0.25) is 14.6 Å². The van der Waals surface area contributed by atoms with Gasteiger partial charge in [0.2, 0.25) is 0 Å². The average molecular weight is 566 g/mol. The van der Waals surface area contributed by atoms with E-state index in [1.54, 1.807) is 12.1 Å². The number of aliphatic imine (C=N–C) groups is 1. The van der Waals surface area contributed by atoms with Gasteiger partial charge >= 0.3 is 5.97 Å². The second-order valence-electron chi connectivity index (χ2n) is 10.3. The van der Waals surface area contributed by atoms with Crippen molar-refractivity contribution in [3.05, 3.63) is 69.3 Å². The number of ether oxygens (including phenoxy) is 2. The minimum Gasteiger partial charge on any atom is -0.503 e. The molecule has 1 saturated carbocycles. The Balaban J connectivity index is 1.58. The van der Waals surface area contributed by atoms with Gasteiger partial charge in [0.1, 0.15) is 12.0 Å². The number of Topliss-reactive ketones (excluding diaryl/α,β-unsaturated/α-hetero) is 1. The molecule has 6 nitrogen and oxygen atoms in total. The van der Waals surface area contributed by atoms with Gasteiger partial charge in [0.15, 0.2) is 17.3 Å². The number of ketones is 1. The van der Waals surface area contributed by atoms with Crippen LogP contribution in [0.25, 0.3) is 0 Å². The fourth-order valence-electron chi connectivity index (χ4n) is 6.04. The molecule has 0 bridgehead atoms. The number of rotatable bonds is 5. The summed E-state index contributed by atoms with van der Waals surface area (Å²) in [5.74, 6) is -1.35. The zero-order chi connectivity index (χ0) is 26.1. The molecule has 1 fully saturated rings. The topological polar surface area (TPSA) is 85.2 Å². The number of halogens is 1. The predicted octanol–water partition coefficient (Wildman–Crippen LogP) is 6.61. The summed E-state index contributed by atoms with van der Waals surface area (Å²) in [7, 11) is 1.48. The maximum Gasteiger partial charge on any atom is 0.315 e. The molecule has 0 spiro atoms. The molecular formula is C30H32BrNO5. The van der Waals surface area contributed by atoms with Crippen molar-refractivity contribution >= 4 is 33.4 Å². The van der Waals surface area contributed by atoms with Crippen molar-refractivity contribution in [2.75, 3.05) is 7.11 Å². The highest BCUT2D eigenvalue weighted by Gasteiger charge is 2.45. The van der Waals surface area contributed by atoms with Crippen molar-refractivity contribution in [3.8, 4) is 11.5 Å². The third kappa shape index (κ3) is 5.11. The lowest BCUT2D eigenvalue weighted by Crippen LogP contribution is -2.39. The average Bonchev–Trinajstić information content (AvgIpc) is 2.90. The van der Waals surface area contributed by atoms with Gasteiger partial charge in [-0.05, 0) is 84.1 Å². The largest absolute Gasteiger partial charge is 0.503 e. The van der Waals surface area contributed by atoms with Crippen LogP contribution in [0.1, 0.15) is 74.8 Å². The third-order valence-corrected chi connectivity index (χ3v) is 8.48. The number of carbonyl (C=O) groups excluding carboxylic acids is 2. The maximum atomic E-state index is 13.8. The van der Waals surface area contributed by atoms with Crippen LogP contribution >= 0.6 is 15.9 Å². The minimum absolute atomic E-state index is 0.00464. The molecule has 0 aromatic heterocycles. The summed E-state index contributed by atoms with van der Waals surface area (Å²) >= 11 is 3.42. The normalized spacial score (nSPS) is 24.4. The van der Waals surface area contributed by atoms with Crippen molar-refractivity contribution in [3.63, 3.8) is 0 Å². The number of nitrogens with zero attached hydrogens (tertiary/aromatic N) is 1. The summed E-state index contributed by atoms with van der Waals surface area (Å²) in [6.45, 7) is 1.85. The van der Waals surface area contributed by atoms with Crippen LogP contribution in [0.5, 0.6) is 11.5 Å². The minimum atomic E-state index is -0.723.